The highest BCUT2D eigenvalue weighted by atomic mass is 32.2. The second-order valence-corrected chi connectivity index (χ2v) is 8.00. The lowest BCUT2D eigenvalue weighted by Gasteiger charge is -2.07. The molecule has 8 heteroatoms. The average molecular weight is 409 g/mol. The van der Waals surface area contributed by atoms with Gasteiger partial charge in [0.15, 0.2) is 5.76 Å². The number of furan rings is 1. The Morgan fingerprint density at radius 3 is 2.68 bits per heavy atom. The summed E-state index contributed by atoms with van der Waals surface area (Å²) in [6, 6.07) is 14.8. The van der Waals surface area contributed by atoms with E-state index >= 15 is 0 Å². The number of thiophene rings is 1. The van der Waals surface area contributed by atoms with Gasteiger partial charge in [-0.15, -0.1) is 23.1 Å². The normalized spacial score (nSPS) is 10.7. The lowest BCUT2D eigenvalue weighted by Crippen LogP contribution is -2.41. The summed E-state index contributed by atoms with van der Waals surface area (Å²) in [5.74, 6) is -0.185. The van der Waals surface area contributed by atoms with Crippen molar-refractivity contribution in [2.45, 2.75) is 9.96 Å². The minimum Gasteiger partial charge on any atom is -0.451 e. The van der Waals surface area contributed by atoms with E-state index in [9.17, 15) is 9.59 Å². The summed E-state index contributed by atoms with van der Waals surface area (Å²) in [7, 11) is 0. The van der Waals surface area contributed by atoms with Gasteiger partial charge in [0.25, 0.3) is 5.91 Å². The molecule has 4 aromatic rings. The van der Waals surface area contributed by atoms with Gasteiger partial charge < -0.3 is 4.42 Å². The van der Waals surface area contributed by atoms with Crippen molar-refractivity contribution in [3.63, 3.8) is 0 Å². The number of benzene rings is 1. The molecule has 0 radical (unpaired) electrons. The van der Waals surface area contributed by atoms with Crippen LogP contribution in [0.4, 0.5) is 0 Å². The number of rotatable bonds is 5. The summed E-state index contributed by atoms with van der Waals surface area (Å²) in [6.07, 6.45) is 2.99. The molecule has 0 aliphatic rings. The van der Waals surface area contributed by atoms with E-state index in [2.05, 4.69) is 15.8 Å². The zero-order valence-electron chi connectivity index (χ0n) is 14.5. The fourth-order valence-electron chi connectivity index (χ4n) is 2.65. The highest BCUT2D eigenvalue weighted by molar-refractivity contribution is 8.00. The van der Waals surface area contributed by atoms with Crippen molar-refractivity contribution in [1.29, 1.82) is 0 Å². The molecule has 28 heavy (non-hydrogen) atoms. The predicted octanol–water partition coefficient (Wildman–Crippen LogP) is 4.26. The van der Waals surface area contributed by atoms with Crippen LogP contribution in [0.3, 0.4) is 0 Å². The lowest BCUT2D eigenvalue weighted by molar-refractivity contribution is 0.0831. The Morgan fingerprint density at radius 1 is 1.04 bits per heavy atom. The second kappa shape index (κ2) is 8.28. The molecular formula is C20H15N3O3S2. The minimum atomic E-state index is -0.504. The van der Waals surface area contributed by atoms with Gasteiger partial charge in [-0.05, 0) is 29.6 Å². The first-order valence-electron chi connectivity index (χ1n) is 8.40. The van der Waals surface area contributed by atoms with E-state index in [0.717, 1.165) is 15.2 Å². The molecule has 6 nitrogen and oxygen atoms in total. The molecular weight excluding hydrogens is 394 g/mol. The molecule has 4 rings (SSSR count). The number of carbonyl (C=O) groups excluding carboxylic acids is 2. The topological polar surface area (TPSA) is 84.2 Å². The maximum absolute atomic E-state index is 12.7. The summed E-state index contributed by atoms with van der Waals surface area (Å²) in [4.78, 5) is 28.7. The summed E-state index contributed by atoms with van der Waals surface area (Å²) in [6.45, 7) is 0. The number of fused-ring (bicyclic) bond motifs is 1. The van der Waals surface area contributed by atoms with Crippen LogP contribution in [0, 0.1) is 0 Å². The van der Waals surface area contributed by atoms with Crippen LogP contribution in [0.1, 0.15) is 26.5 Å². The predicted molar refractivity (Wildman–Crippen MR) is 109 cm³/mol. The Hall–Kier alpha value is -3.10. The third-order valence-electron chi connectivity index (χ3n) is 3.97. The molecule has 0 atom stereocenters. The van der Waals surface area contributed by atoms with Gasteiger partial charge in [0.1, 0.15) is 5.58 Å². The van der Waals surface area contributed by atoms with E-state index in [0.29, 0.717) is 16.9 Å². The zero-order valence-corrected chi connectivity index (χ0v) is 16.2. The van der Waals surface area contributed by atoms with Crippen LogP contribution in [-0.4, -0.2) is 16.8 Å². The first-order valence-corrected chi connectivity index (χ1v) is 10.3. The van der Waals surface area contributed by atoms with Gasteiger partial charge >= 0.3 is 5.91 Å². The van der Waals surface area contributed by atoms with Gasteiger partial charge in [0.2, 0.25) is 0 Å². The SMILES string of the molecule is O=C(NNC(=O)c1oc2ccccc2c1CSc1cccs1)c1cccnc1. The van der Waals surface area contributed by atoms with E-state index in [-0.39, 0.29) is 5.76 Å². The van der Waals surface area contributed by atoms with Crippen LogP contribution in [0.2, 0.25) is 0 Å². The summed E-state index contributed by atoms with van der Waals surface area (Å²) in [5.41, 5.74) is 6.59. The number of pyridine rings is 1. The fourth-order valence-corrected chi connectivity index (χ4v) is 4.47. The number of carbonyl (C=O) groups is 2. The van der Waals surface area contributed by atoms with E-state index in [4.69, 9.17) is 4.42 Å². The van der Waals surface area contributed by atoms with Crippen molar-refractivity contribution in [3.05, 3.63) is 83.2 Å². The lowest BCUT2D eigenvalue weighted by atomic mass is 10.1. The molecule has 0 saturated carbocycles. The van der Waals surface area contributed by atoms with E-state index in [1.807, 2.05) is 41.8 Å². The molecule has 2 amide bonds. The zero-order chi connectivity index (χ0) is 19.3. The number of hydrazine groups is 1. The van der Waals surface area contributed by atoms with Crippen molar-refractivity contribution < 1.29 is 14.0 Å². The Morgan fingerprint density at radius 2 is 1.89 bits per heavy atom. The van der Waals surface area contributed by atoms with Crippen molar-refractivity contribution in [2.24, 2.45) is 0 Å². The van der Waals surface area contributed by atoms with Gasteiger partial charge in [-0.1, -0.05) is 24.3 Å². The fraction of sp³-hybridized carbons (Fsp3) is 0.0500. The Bertz CT molecular complexity index is 1110. The monoisotopic (exact) mass is 409 g/mol. The van der Waals surface area contributed by atoms with Crippen molar-refractivity contribution in [1.82, 2.24) is 15.8 Å². The third-order valence-corrected chi connectivity index (χ3v) is 6.13. The summed E-state index contributed by atoms with van der Waals surface area (Å²) < 4.78 is 6.94. The van der Waals surface area contributed by atoms with Crippen LogP contribution < -0.4 is 10.9 Å². The first kappa shape index (κ1) is 18.3. The Kier molecular flexibility index (Phi) is 5.41. The van der Waals surface area contributed by atoms with Gasteiger partial charge in [-0.3, -0.25) is 25.4 Å². The van der Waals surface area contributed by atoms with Crippen LogP contribution in [0.25, 0.3) is 11.0 Å². The summed E-state index contributed by atoms with van der Waals surface area (Å²) in [5, 5.41) is 2.90. The van der Waals surface area contributed by atoms with E-state index in [1.54, 1.807) is 41.4 Å². The van der Waals surface area contributed by atoms with Crippen molar-refractivity contribution >= 4 is 45.9 Å². The molecule has 1 aromatic carbocycles. The van der Waals surface area contributed by atoms with Crippen LogP contribution in [-0.2, 0) is 5.75 Å². The van der Waals surface area contributed by atoms with E-state index < -0.39 is 11.8 Å². The smallest absolute Gasteiger partial charge is 0.305 e. The molecule has 0 aliphatic carbocycles. The number of para-hydroxylation sites is 1. The molecule has 3 aromatic heterocycles. The van der Waals surface area contributed by atoms with Gasteiger partial charge in [-0.2, -0.15) is 0 Å². The molecule has 0 spiro atoms. The molecule has 0 unspecified atom stereocenters. The molecule has 2 N–H and O–H groups in total. The maximum atomic E-state index is 12.7. The minimum absolute atomic E-state index is 0.191. The number of aromatic nitrogens is 1. The van der Waals surface area contributed by atoms with Crippen LogP contribution in [0.15, 0.2) is 74.9 Å². The highest BCUT2D eigenvalue weighted by Gasteiger charge is 2.21. The highest BCUT2D eigenvalue weighted by Crippen LogP contribution is 2.33. The third kappa shape index (κ3) is 3.92. The molecule has 3 heterocycles. The Labute approximate surface area is 168 Å². The van der Waals surface area contributed by atoms with Crippen LogP contribution in [0.5, 0.6) is 0 Å². The van der Waals surface area contributed by atoms with E-state index in [1.165, 1.54) is 6.20 Å². The number of nitrogens with zero attached hydrogens (tertiary/aromatic N) is 1. The van der Waals surface area contributed by atoms with Gasteiger partial charge in [0.05, 0.1) is 9.77 Å². The molecule has 140 valence electrons. The number of hydrogen-bond acceptors (Lipinski definition) is 6. The molecule has 0 fully saturated rings. The molecule has 0 bridgehead atoms. The van der Waals surface area contributed by atoms with Gasteiger partial charge in [-0.25, -0.2) is 0 Å². The van der Waals surface area contributed by atoms with Gasteiger partial charge in [0, 0.05) is 29.1 Å². The van der Waals surface area contributed by atoms with Crippen molar-refractivity contribution in [3.8, 4) is 0 Å². The number of hydrogen-bond donors (Lipinski definition) is 2. The largest absolute Gasteiger partial charge is 0.451 e. The van der Waals surface area contributed by atoms with Crippen LogP contribution >= 0.6 is 23.1 Å². The summed E-state index contributed by atoms with van der Waals surface area (Å²) >= 11 is 3.28. The average Bonchev–Trinajstić information content (AvgIpc) is 3.38. The quantitative estimate of drug-likeness (QED) is 0.380. The number of thioether (sulfide) groups is 1. The first-order chi connectivity index (χ1) is 13.7. The molecule has 0 aliphatic heterocycles. The van der Waals surface area contributed by atoms with Crippen molar-refractivity contribution in [2.75, 3.05) is 0 Å². The number of nitrogens with one attached hydrogen (secondary N) is 2. The standard InChI is InChI=1S/C20H15N3O3S2/c24-19(13-5-3-9-21-11-13)22-23-20(25)18-15(12-28-17-8-4-10-27-17)14-6-1-2-7-16(14)26-18/h1-11H,12H2,(H,22,24)(H,23,25). The number of amides is 2. The molecule has 0 saturated heterocycles. The maximum Gasteiger partial charge on any atom is 0.305 e. The Balaban J connectivity index is 1.54. The second-order valence-electron chi connectivity index (χ2n) is 5.78.